The third-order valence-electron chi connectivity index (χ3n) is 3.66. The van der Waals surface area contributed by atoms with Gasteiger partial charge in [-0.05, 0) is 18.6 Å². The highest BCUT2D eigenvalue weighted by atomic mass is 16.6. The fraction of sp³-hybridized carbons (Fsp3) is 0.500. The van der Waals surface area contributed by atoms with Crippen LogP contribution in [0.1, 0.15) is 5.56 Å². The van der Waals surface area contributed by atoms with E-state index in [9.17, 15) is 4.79 Å². The Hall–Kier alpha value is -1.55. The van der Waals surface area contributed by atoms with Gasteiger partial charge in [0.2, 0.25) is 0 Å². The maximum atomic E-state index is 11.9. The van der Waals surface area contributed by atoms with E-state index in [4.69, 9.17) is 4.74 Å². The van der Waals surface area contributed by atoms with Gasteiger partial charge in [0, 0.05) is 31.9 Å². The highest BCUT2D eigenvalue weighted by Crippen LogP contribution is 2.22. The van der Waals surface area contributed by atoms with Crippen molar-refractivity contribution in [2.75, 3.05) is 37.7 Å². The second-order valence-electron chi connectivity index (χ2n) is 4.92. The summed E-state index contributed by atoms with van der Waals surface area (Å²) in [6, 6.07) is 8.41. The molecule has 3 rings (SSSR count). The molecule has 1 unspecified atom stereocenters. The van der Waals surface area contributed by atoms with Crippen molar-refractivity contribution in [1.82, 2.24) is 4.90 Å². The topological polar surface area (TPSA) is 36.1 Å². The lowest BCUT2D eigenvalue weighted by Gasteiger charge is -2.36. The molecule has 0 aliphatic carbocycles. The molecule has 0 N–H and O–H groups in total. The third-order valence-corrected chi connectivity index (χ3v) is 3.66. The Kier molecular flexibility index (Phi) is 2.96. The standard InChI is InChI=1S/C14H18N2O2/c1-11-4-2-3-5-12(11)15-6-8-16(9-7-15)14(17)13-10-18-13/h2-5,13H,6-10H2,1H3. The van der Waals surface area contributed by atoms with Crippen molar-refractivity contribution < 1.29 is 9.53 Å². The first-order valence-electron chi connectivity index (χ1n) is 6.46. The Morgan fingerprint density at radius 2 is 1.89 bits per heavy atom. The molecule has 1 aromatic carbocycles. The van der Waals surface area contributed by atoms with Crippen molar-refractivity contribution in [1.29, 1.82) is 0 Å². The summed E-state index contributed by atoms with van der Waals surface area (Å²) < 4.78 is 5.05. The monoisotopic (exact) mass is 246 g/mol. The molecular formula is C14H18N2O2. The summed E-state index contributed by atoms with van der Waals surface area (Å²) in [5.74, 6) is 0.166. The van der Waals surface area contributed by atoms with Gasteiger partial charge in [-0.3, -0.25) is 4.79 Å². The van der Waals surface area contributed by atoms with E-state index < -0.39 is 0 Å². The smallest absolute Gasteiger partial charge is 0.254 e. The molecule has 0 saturated carbocycles. The van der Waals surface area contributed by atoms with Gasteiger partial charge in [-0.1, -0.05) is 18.2 Å². The number of amides is 1. The number of para-hydroxylation sites is 1. The van der Waals surface area contributed by atoms with Crippen molar-refractivity contribution in [3.8, 4) is 0 Å². The molecule has 2 aliphatic heterocycles. The van der Waals surface area contributed by atoms with E-state index in [1.807, 2.05) is 4.90 Å². The highest BCUT2D eigenvalue weighted by molar-refractivity contribution is 5.83. The van der Waals surface area contributed by atoms with Crippen molar-refractivity contribution >= 4 is 11.6 Å². The van der Waals surface area contributed by atoms with Crippen LogP contribution in [0, 0.1) is 6.92 Å². The fourth-order valence-electron chi connectivity index (χ4n) is 2.48. The van der Waals surface area contributed by atoms with Crippen LogP contribution in [0.5, 0.6) is 0 Å². The molecule has 0 radical (unpaired) electrons. The number of epoxide rings is 1. The number of rotatable bonds is 2. The number of benzene rings is 1. The van der Waals surface area contributed by atoms with Gasteiger partial charge in [-0.15, -0.1) is 0 Å². The average Bonchev–Trinajstić information content (AvgIpc) is 3.23. The fourth-order valence-corrected chi connectivity index (χ4v) is 2.48. The second-order valence-corrected chi connectivity index (χ2v) is 4.92. The number of hydrogen-bond acceptors (Lipinski definition) is 3. The van der Waals surface area contributed by atoms with E-state index in [-0.39, 0.29) is 12.0 Å². The minimum Gasteiger partial charge on any atom is -0.368 e. The minimum atomic E-state index is -0.144. The van der Waals surface area contributed by atoms with Gasteiger partial charge >= 0.3 is 0 Å². The van der Waals surface area contributed by atoms with Gasteiger partial charge in [0.05, 0.1) is 6.61 Å². The molecule has 0 spiro atoms. The van der Waals surface area contributed by atoms with Gasteiger partial charge in [-0.2, -0.15) is 0 Å². The molecular weight excluding hydrogens is 228 g/mol. The predicted octanol–water partition coefficient (Wildman–Crippen LogP) is 1.04. The van der Waals surface area contributed by atoms with Crippen LogP contribution in [-0.4, -0.2) is 49.7 Å². The summed E-state index contributed by atoms with van der Waals surface area (Å²) >= 11 is 0. The van der Waals surface area contributed by atoms with E-state index in [0.717, 1.165) is 26.2 Å². The van der Waals surface area contributed by atoms with Crippen LogP contribution in [0.15, 0.2) is 24.3 Å². The number of nitrogens with zero attached hydrogens (tertiary/aromatic N) is 2. The molecule has 0 bridgehead atoms. The zero-order valence-corrected chi connectivity index (χ0v) is 10.6. The van der Waals surface area contributed by atoms with E-state index in [1.54, 1.807) is 0 Å². The van der Waals surface area contributed by atoms with Crippen LogP contribution in [0.4, 0.5) is 5.69 Å². The number of carbonyl (C=O) groups is 1. The summed E-state index contributed by atoms with van der Waals surface area (Å²) in [7, 11) is 0. The largest absolute Gasteiger partial charge is 0.368 e. The molecule has 1 amide bonds. The van der Waals surface area contributed by atoms with Crippen LogP contribution < -0.4 is 4.90 Å². The molecule has 2 heterocycles. The Morgan fingerprint density at radius 3 is 2.50 bits per heavy atom. The van der Waals surface area contributed by atoms with Crippen molar-refractivity contribution in [3.05, 3.63) is 29.8 Å². The normalized spacial score (nSPS) is 23.1. The van der Waals surface area contributed by atoms with Crippen LogP contribution >= 0.6 is 0 Å². The zero-order chi connectivity index (χ0) is 12.5. The Morgan fingerprint density at radius 1 is 1.22 bits per heavy atom. The molecule has 4 heteroatoms. The van der Waals surface area contributed by atoms with E-state index in [2.05, 4.69) is 36.1 Å². The lowest BCUT2D eigenvalue weighted by atomic mass is 10.1. The summed E-state index contributed by atoms with van der Waals surface area (Å²) in [5, 5.41) is 0. The number of aryl methyl sites for hydroxylation is 1. The Labute approximate surface area is 107 Å². The molecule has 96 valence electrons. The average molecular weight is 246 g/mol. The quantitative estimate of drug-likeness (QED) is 0.732. The maximum absolute atomic E-state index is 11.9. The number of anilines is 1. The summed E-state index contributed by atoms with van der Waals surface area (Å²) in [6.07, 6.45) is -0.144. The maximum Gasteiger partial charge on any atom is 0.254 e. The first-order valence-corrected chi connectivity index (χ1v) is 6.46. The van der Waals surface area contributed by atoms with Crippen molar-refractivity contribution in [2.45, 2.75) is 13.0 Å². The lowest BCUT2D eigenvalue weighted by molar-refractivity contribution is -0.132. The predicted molar refractivity (Wildman–Crippen MR) is 69.7 cm³/mol. The van der Waals surface area contributed by atoms with Gasteiger partial charge in [0.15, 0.2) is 6.10 Å². The van der Waals surface area contributed by atoms with E-state index >= 15 is 0 Å². The van der Waals surface area contributed by atoms with Gasteiger partial charge in [-0.25, -0.2) is 0 Å². The summed E-state index contributed by atoms with van der Waals surface area (Å²) in [4.78, 5) is 16.1. The summed E-state index contributed by atoms with van der Waals surface area (Å²) in [5.41, 5.74) is 2.58. The Balaban J connectivity index is 1.63. The first-order chi connectivity index (χ1) is 8.75. The van der Waals surface area contributed by atoms with Crippen LogP contribution in [0.3, 0.4) is 0 Å². The van der Waals surface area contributed by atoms with Gasteiger partial charge < -0.3 is 14.5 Å². The number of piperazine rings is 1. The van der Waals surface area contributed by atoms with Crippen molar-refractivity contribution in [2.24, 2.45) is 0 Å². The van der Waals surface area contributed by atoms with Gasteiger partial charge in [0.25, 0.3) is 5.91 Å². The van der Waals surface area contributed by atoms with E-state index in [0.29, 0.717) is 6.61 Å². The molecule has 2 aliphatic rings. The molecule has 2 saturated heterocycles. The zero-order valence-electron chi connectivity index (χ0n) is 10.6. The lowest BCUT2D eigenvalue weighted by Crippen LogP contribution is -2.50. The number of ether oxygens (including phenoxy) is 1. The molecule has 1 atom stereocenters. The Bertz CT molecular complexity index is 449. The SMILES string of the molecule is Cc1ccccc1N1CCN(C(=O)C2CO2)CC1. The molecule has 4 nitrogen and oxygen atoms in total. The molecule has 2 fully saturated rings. The minimum absolute atomic E-state index is 0.144. The summed E-state index contributed by atoms with van der Waals surface area (Å²) in [6.45, 7) is 6.15. The molecule has 18 heavy (non-hydrogen) atoms. The van der Waals surface area contributed by atoms with Crippen LogP contribution in [0.25, 0.3) is 0 Å². The number of hydrogen-bond donors (Lipinski definition) is 0. The first kappa shape index (κ1) is 11.5. The molecule has 0 aromatic heterocycles. The van der Waals surface area contributed by atoms with Crippen molar-refractivity contribution in [3.63, 3.8) is 0 Å². The van der Waals surface area contributed by atoms with Crippen LogP contribution in [-0.2, 0) is 9.53 Å². The van der Waals surface area contributed by atoms with Gasteiger partial charge in [0.1, 0.15) is 0 Å². The second kappa shape index (κ2) is 4.61. The number of carbonyl (C=O) groups excluding carboxylic acids is 1. The highest BCUT2D eigenvalue weighted by Gasteiger charge is 2.36. The van der Waals surface area contributed by atoms with Crippen LogP contribution in [0.2, 0.25) is 0 Å². The third kappa shape index (κ3) is 2.20. The van der Waals surface area contributed by atoms with E-state index in [1.165, 1.54) is 11.3 Å². The molecule has 1 aromatic rings.